The van der Waals surface area contributed by atoms with Crippen LogP contribution in [-0.4, -0.2) is 50.8 Å². The second kappa shape index (κ2) is 9.99. The number of rotatable bonds is 6. The van der Waals surface area contributed by atoms with Gasteiger partial charge in [0.15, 0.2) is 11.4 Å². The highest BCUT2D eigenvalue weighted by Gasteiger charge is 2.56. The number of fused-ring (bicyclic) bond motifs is 2. The van der Waals surface area contributed by atoms with Crippen LogP contribution >= 0.6 is 0 Å². The first-order valence-corrected chi connectivity index (χ1v) is 10.8. The first kappa shape index (κ1) is 23.5. The molecule has 1 aromatic heterocycles. The molecule has 0 unspecified atom stereocenters. The van der Waals surface area contributed by atoms with Crippen molar-refractivity contribution in [3.05, 3.63) is 64.1 Å². The fraction of sp³-hybridized carbons (Fsp3) is 0.458. The van der Waals surface area contributed by atoms with Gasteiger partial charge in [-0.1, -0.05) is 37.3 Å². The Labute approximate surface area is 187 Å². The number of aryl methyl sites for hydroxylation is 1. The van der Waals surface area contributed by atoms with Gasteiger partial charge in [-0.3, -0.25) is 14.4 Å². The summed E-state index contributed by atoms with van der Waals surface area (Å²) in [5, 5.41) is 16.9. The standard InChI is InChI=1S/C23H28N2O4.CH2O2/c1-3-23(15-26)13-17-9-10-19(23)25(17)22(28)20-21(18(27)11-12-24(20)2)29-14-16-7-5-4-6-8-16;2-1-3/h4-8,11-12,17,19,26H,3,9-10,13-15H2,1-2H3;1H,(H,2,3)/t17-,19+,23-;/m1./s1. The quantitative estimate of drug-likeness (QED) is 0.665. The smallest absolute Gasteiger partial charge is 0.290 e. The van der Waals surface area contributed by atoms with E-state index in [1.165, 1.54) is 6.07 Å². The lowest BCUT2D eigenvalue weighted by atomic mass is 9.72. The van der Waals surface area contributed by atoms with Crippen LogP contribution in [0.3, 0.4) is 0 Å². The molecule has 8 heteroatoms. The van der Waals surface area contributed by atoms with Crippen molar-refractivity contribution < 1.29 is 24.5 Å². The second-order valence-electron chi connectivity index (χ2n) is 8.39. The molecule has 2 aliphatic heterocycles. The van der Waals surface area contributed by atoms with Gasteiger partial charge in [0.2, 0.25) is 5.43 Å². The van der Waals surface area contributed by atoms with Gasteiger partial charge in [-0.15, -0.1) is 0 Å². The maximum atomic E-state index is 13.6. The molecule has 2 aromatic rings. The molecule has 0 radical (unpaired) electrons. The number of hydrogen-bond donors (Lipinski definition) is 2. The van der Waals surface area contributed by atoms with Crippen LogP contribution in [0.4, 0.5) is 0 Å². The Hall–Kier alpha value is -3.13. The van der Waals surface area contributed by atoms with E-state index in [2.05, 4.69) is 6.92 Å². The molecular weight excluding hydrogens is 412 g/mol. The van der Waals surface area contributed by atoms with Crippen LogP contribution < -0.4 is 10.2 Å². The summed E-state index contributed by atoms with van der Waals surface area (Å²) in [6.45, 7) is 2.13. The molecule has 8 nitrogen and oxygen atoms in total. The SMILES string of the molecule is CC[C@]1(CO)C[C@H]2CC[C@@H]1N2C(=O)c1c(OCc2ccccc2)c(=O)ccn1C.O=CO. The Morgan fingerprint density at radius 2 is 1.94 bits per heavy atom. The average Bonchev–Trinajstić information content (AvgIpc) is 3.36. The molecule has 2 bridgehead atoms. The van der Waals surface area contributed by atoms with Crippen molar-refractivity contribution >= 4 is 12.4 Å². The minimum absolute atomic E-state index is 0.00674. The van der Waals surface area contributed by atoms with Gasteiger partial charge < -0.3 is 24.4 Å². The summed E-state index contributed by atoms with van der Waals surface area (Å²) in [6, 6.07) is 11.1. The van der Waals surface area contributed by atoms with E-state index >= 15 is 0 Å². The number of nitrogens with zero attached hydrogens (tertiary/aromatic N) is 2. The third kappa shape index (κ3) is 4.27. The molecule has 3 atom stereocenters. The van der Waals surface area contributed by atoms with Gasteiger partial charge in [-0.25, -0.2) is 0 Å². The molecule has 1 amide bonds. The van der Waals surface area contributed by atoms with Crippen molar-refractivity contribution in [1.29, 1.82) is 0 Å². The molecule has 0 aliphatic carbocycles. The minimum Gasteiger partial charge on any atom is -0.483 e. The van der Waals surface area contributed by atoms with Crippen LogP contribution in [0.1, 0.15) is 48.7 Å². The third-order valence-electron chi connectivity index (χ3n) is 6.77. The number of pyridine rings is 1. The van der Waals surface area contributed by atoms with Gasteiger partial charge in [0, 0.05) is 36.8 Å². The number of aliphatic hydroxyl groups excluding tert-OH is 1. The Morgan fingerprint density at radius 1 is 1.25 bits per heavy atom. The van der Waals surface area contributed by atoms with Crippen LogP contribution in [0.15, 0.2) is 47.4 Å². The first-order valence-electron chi connectivity index (χ1n) is 10.8. The fourth-order valence-corrected chi connectivity index (χ4v) is 5.10. The summed E-state index contributed by atoms with van der Waals surface area (Å²) >= 11 is 0. The van der Waals surface area contributed by atoms with Crippen molar-refractivity contribution in [3.8, 4) is 5.75 Å². The highest BCUT2D eigenvalue weighted by Crippen LogP contribution is 2.52. The van der Waals surface area contributed by atoms with Crippen LogP contribution in [0, 0.1) is 5.41 Å². The van der Waals surface area contributed by atoms with Crippen molar-refractivity contribution in [3.63, 3.8) is 0 Å². The van der Waals surface area contributed by atoms with Crippen LogP contribution in [-0.2, 0) is 18.4 Å². The summed E-state index contributed by atoms with van der Waals surface area (Å²) in [4.78, 5) is 36.5. The summed E-state index contributed by atoms with van der Waals surface area (Å²) in [6.07, 6.45) is 5.10. The molecule has 2 fully saturated rings. The highest BCUT2D eigenvalue weighted by molar-refractivity contribution is 5.96. The first-order chi connectivity index (χ1) is 15.4. The molecule has 2 aliphatic rings. The summed E-state index contributed by atoms with van der Waals surface area (Å²) < 4.78 is 7.56. The normalized spacial score (nSPS) is 23.4. The van der Waals surface area contributed by atoms with Gasteiger partial charge in [0.25, 0.3) is 12.4 Å². The van der Waals surface area contributed by atoms with Gasteiger partial charge in [0.05, 0.1) is 6.61 Å². The van der Waals surface area contributed by atoms with E-state index in [1.54, 1.807) is 17.8 Å². The lowest BCUT2D eigenvalue weighted by molar-refractivity contribution is -0.122. The number of benzene rings is 1. The predicted molar refractivity (Wildman–Crippen MR) is 119 cm³/mol. The molecule has 0 spiro atoms. The largest absolute Gasteiger partial charge is 0.483 e. The van der Waals surface area contributed by atoms with E-state index in [-0.39, 0.29) is 60.0 Å². The minimum atomic E-state index is -0.294. The molecule has 0 saturated carbocycles. The number of carboxylic acid groups (broad SMARTS) is 1. The highest BCUT2D eigenvalue weighted by atomic mass is 16.5. The van der Waals surface area contributed by atoms with E-state index in [1.807, 2.05) is 35.2 Å². The molecule has 1 aromatic carbocycles. The van der Waals surface area contributed by atoms with Crippen molar-refractivity contribution in [2.75, 3.05) is 6.61 Å². The average molecular weight is 443 g/mol. The van der Waals surface area contributed by atoms with Crippen LogP contribution in [0.5, 0.6) is 5.75 Å². The van der Waals surface area contributed by atoms with Gasteiger partial charge in [-0.05, 0) is 31.2 Å². The van der Waals surface area contributed by atoms with Gasteiger partial charge in [0.1, 0.15) is 6.61 Å². The maximum absolute atomic E-state index is 13.6. The monoisotopic (exact) mass is 442 g/mol. The zero-order valence-corrected chi connectivity index (χ0v) is 18.4. The zero-order chi connectivity index (χ0) is 23.3. The van der Waals surface area contributed by atoms with Gasteiger partial charge in [-0.2, -0.15) is 0 Å². The maximum Gasteiger partial charge on any atom is 0.290 e. The molecular formula is C24H30N2O6. The van der Waals surface area contributed by atoms with E-state index in [9.17, 15) is 14.7 Å². The number of aromatic nitrogens is 1. The Bertz CT molecular complexity index is 999. The second-order valence-corrected chi connectivity index (χ2v) is 8.39. The fourth-order valence-electron chi connectivity index (χ4n) is 5.10. The topological polar surface area (TPSA) is 109 Å². The van der Waals surface area contributed by atoms with E-state index in [0.717, 1.165) is 31.2 Å². The van der Waals surface area contributed by atoms with Crippen LogP contribution in [0.25, 0.3) is 0 Å². The number of ether oxygens (including phenoxy) is 1. The van der Waals surface area contributed by atoms with E-state index < -0.39 is 0 Å². The zero-order valence-electron chi connectivity index (χ0n) is 18.4. The van der Waals surface area contributed by atoms with Gasteiger partial charge >= 0.3 is 0 Å². The molecule has 32 heavy (non-hydrogen) atoms. The molecule has 2 N–H and O–H groups in total. The number of carbonyl (C=O) groups is 2. The van der Waals surface area contributed by atoms with Crippen molar-refractivity contribution in [2.24, 2.45) is 12.5 Å². The van der Waals surface area contributed by atoms with Crippen LogP contribution in [0.2, 0.25) is 0 Å². The molecule has 172 valence electrons. The van der Waals surface area contributed by atoms with E-state index in [0.29, 0.717) is 0 Å². The number of aliphatic hydroxyl groups is 1. The lowest BCUT2D eigenvalue weighted by Gasteiger charge is -2.35. The Kier molecular flexibility index (Phi) is 7.35. The summed E-state index contributed by atoms with van der Waals surface area (Å²) in [7, 11) is 1.76. The third-order valence-corrected chi connectivity index (χ3v) is 6.77. The molecule has 4 rings (SSSR count). The Morgan fingerprint density at radius 3 is 2.53 bits per heavy atom. The number of hydrogen-bond acceptors (Lipinski definition) is 5. The Balaban J connectivity index is 0.000000913. The molecule has 2 saturated heterocycles. The molecule has 3 heterocycles. The number of amides is 1. The predicted octanol–water partition coefficient (Wildman–Crippen LogP) is 2.43. The summed E-state index contributed by atoms with van der Waals surface area (Å²) in [5.74, 6) is -0.0780. The van der Waals surface area contributed by atoms with Crippen molar-refractivity contribution in [2.45, 2.75) is 51.3 Å². The van der Waals surface area contributed by atoms with Crippen molar-refractivity contribution in [1.82, 2.24) is 9.47 Å². The lowest BCUT2D eigenvalue weighted by Crippen LogP contribution is -2.43. The van der Waals surface area contributed by atoms with E-state index in [4.69, 9.17) is 14.6 Å². The number of carbonyl (C=O) groups excluding carboxylic acids is 1. The summed E-state index contributed by atoms with van der Waals surface area (Å²) in [5.41, 5.74) is 0.688.